The second-order valence-corrected chi connectivity index (χ2v) is 7.67. The zero-order valence-electron chi connectivity index (χ0n) is 17.1. The lowest BCUT2D eigenvalue weighted by molar-refractivity contribution is -0.117. The fourth-order valence-electron chi connectivity index (χ4n) is 3.87. The quantitative estimate of drug-likeness (QED) is 0.632. The summed E-state index contributed by atoms with van der Waals surface area (Å²) >= 11 is 0. The first kappa shape index (κ1) is 20.7. The van der Waals surface area contributed by atoms with E-state index in [-0.39, 0.29) is 36.4 Å². The van der Waals surface area contributed by atoms with Crippen molar-refractivity contribution in [3.05, 3.63) is 71.7 Å². The van der Waals surface area contributed by atoms with Crippen molar-refractivity contribution >= 4 is 17.4 Å². The summed E-state index contributed by atoms with van der Waals surface area (Å²) in [4.78, 5) is 30.8. The van der Waals surface area contributed by atoms with Gasteiger partial charge in [0.15, 0.2) is 11.5 Å². The van der Waals surface area contributed by atoms with Crippen molar-refractivity contribution in [3.63, 3.8) is 0 Å². The Kier molecular flexibility index (Phi) is 5.81. The maximum absolute atomic E-state index is 13.4. The number of nitrogens with zero attached hydrogens (tertiary/aromatic N) is 2. The monoisotopic (exact) mass is 422 g/mol. The van der Waals surface area contributed by atoms with Crippen molar-refractivity contribution < 1.29 is 18.4 Å². The van der Waals surface area contributed by atoms with Crippen LogP contribution in [0.2, 0.25) is 0 Å². The number of hydrogen-bond donors (Lipinski definition) is 2. The number of aromatic nitrogens is 1. The third-order valence-electron chi connectivity index (χ3n) is 5.29. The van der Waals surface area contributed by atoms with Gasteiger partial charge in [0.25, 0.3) is 5.91 Å². The van der Waals surface area contributed by atoms with Crippen molar-refractivity contribution in [1.82, 2.24) is 10.3 Å². The molecule has 1 atom stereocenters. The van der Waals surface area contributed by atoms with Gasteiger partial charge in [-0.2, -0.15) is 0 Å². The van der Waals surface area contributed by atoms with Gasteiger partial charge in [0.2, 0.25) is 0 Å². The van der Waals surface area contributed by atoms with Crippen LogP contribution in [-0.4, -0.2) is 42.9 Å². The van der Waals surface area contributed by atoms with E-state index in [1.807, 2.05) is 18.0 Å². The minimum atomic E-state index is -0.399. The number of benzene rings is 1. The van der Waals surface area contributed by atoms with Gasteiger partial charge in [0.1, 0.15) is 5.82 Å². The number of ketones is 1. The van der Waals surface area contributed by atoms with Crippen LogP contribution in [-0.2, 0) is 17.6 Å². The molecule has 3 N–H and O–H groups in total. The number of Topliss-reactive ketones (excluding diaryl/α,β-unsaturated/α-hetero) is 1. The molecule has 1 aromatic carbocycles. The van der Waals surface area contributed by atoms with Crippen LogP contribution in [0.25, 0.3) is 11.1 Å². The Morgan fingerprint density at radius 3 is 2.97 bits per heavy atom. The summed E-state index contributed by atoms with van der Waals surface area (Å²) in [5, 5.41) is 2.85. The molecule has 1 aliphatic rings. The van der Waals surface area contributed by atoms with E-state index in [1.54, 1.807) is 24.4 Å². The largest absolute Gasteiger partial charge is 0.459 e. The molecule has 0 radical (unpaired) electrons. The number of nitrogens with two attached hydrogens (primary N) is 1. The molecule has 0 unspecified atom stereocenters. The average molecular weight is 422 g/mol. The minimum Gasteiger partial charge on any atom is -0.459 e. The Hall–Kier alpha value is -3.52. The number of halogens is 1. The van der Waals surface area contributed by atoms with Crippen molar-refractivity contribution in [3.8, 4) is 11.1 Å². The summed E-state index contributed by atoms with van der Waals surface area (Å²) in [6.07, 6.45) is 3.86. The van der Waals surface area contributed by atoms with Gasteiger partial charge in [-0.25, -0.2) is 4.39 Å². The zero-order chi connectivity index (χ0) is 22.0. The van der Waals surface area contributed by atoms with Crippen LogP contribution in [0.5, 0.6) is 0 Å². The van der Waals surface area contributed by atoms with E-state index in [1.165, 1.54) is 18.4 Å². The number of rotatable bonds is 6. The van der Waals surface area contributed by atoms with Gasteiger partial charge in [0.05, 0.1) is 30.6 Å². The Balaban J connectivity index is 1.52. The summed E-state index contributed by atoms with van der Waals surface area (Å²) in [5.41, 5.74) is 9.69. The molecule has 8 heteroatoms. The number of nitrogens with one attached hydrogen (secondary N) is 1. The number of carbonyl (C=O) groups is 2. The number of anilines is 1. The highest BCUT2D eigenvalue weighted by atomic mass is 19.1. The lowest BCUT2D eigenvalue weighted by Crippen LogP contribution is -2.41. The van der Waals surface area contributed by atoms with Gasteiger partial charge in [-0.15, -0.1) is 0 Å². The fraction of sp³-hybridized carbons (Fsp3) is 0.261. The van der Waals surface area contributed by atoms with Crippen molar-refractivity contribution in [2.75, 3.05) is 25.0 Å². The van der Waals surface area contributed by atoms with Crippen LogP contribution >= 0.6 is 0 Å². The first-order valence-corrected chi connectivity index (χ1v) is 9.99. The lowest BCUT2D eigenvalue weighted by Gasteiger charge is -2.27. The van der Waals surface area contributed by atoms with E-state index in [4.69, 9.17) is 10.2 Å². The SMILES string of the molecule is CN1CC(=O)Cc2nccc(-c3coc(C(=O)N[C@H](CN)Cc4cccc(F)c4)c3)c21. The molecule has 7 nitrogen and oxygen atoms in total. The molecule has 4 rings (SSSR count). The highest BCUT2D eigenvalue weighted by molar-refractivity contribution is 5.96. The van der Waals surface area contributed by atoms with Gasteiger partial charge < -0.3 is 20.4 Å². The van der Waals surface area contributed by atoms with Crippen molar-refractivity contribution in [2.45, 2.75) is 18.9 Å². The molecule has 3 aromatic rings. The van der Waals surface area contributed by atoms with Crippen LogP contribution < -0.4 is 16.0 Å². The van der Waals surface area contributed by atoms with Gasteiger partial charge in [0, 0.05) is 37.0 Å². The maximum Gasteiger partial charge on any atom is 0.287 e. The Labute approximate surface area is 179 Å². The van der Waals surface area contributed by atoms with E-state index in [0.29, 0.717) is 18.7 Å². The van der Waals surface area contributed by atoms with Crippen molar-refractivity contribution in [1.29, 1.82) is 0 Å². The summed E-state index contributed by atoms with van der Waals surface area (Å²) in [6.45, 7) is 0.516. The van der Waals surface area contributed by atoms with E-state index >= 15 is 0 Å². The topological polar surface area (TPSA) is 101 Å². The van der Waals surface area contributed by atoms with E-state index in [0.717, 1.165) is 22.4 Å². The molecule has 0 aliphatic carbocycles. The third-order valence-corrected chi connectivity index (χ3v) is 5.29. The first-order chi connectivity index (χ1) is 14.9. The molecule has 0 saturated carbocycles. The predicted octanol–water partition coefficient (Wildman–Crippen LogP) is 2.34. The summed E-state index contributed by atoms with van der Waals surface area (Å²) in [5.74, 6) is -0.474. The van der Waals surface area contributed by atoms with Crippen LogP contribution in [0.4, 0.5) is 10.1 Å². The van der Waals surface area contributed by atoms with Gasteiger partial charge in [-0.05, 0) is 36.2 Å². The summed E-state index contributed by atoms with van der Waals surface area (Å²) in [7, 11) is 1.84. The molecule has 1 amide bonds. The molecular formula is C23H23FN4O3. The molecular weight excluding hydrogens is 399 g/mol. The molecule has 1 aliphatic heterocycles. The predicted molar refractivity (Wildman–Crippen MR) is 114 cm³/mol. The Morgan fingerprint density at radius 1 is 1.35 bits per heavy atom. The average Bonchev–Trinajstić information content (AvgIpc) is 3.23. The number of hydrogen-bond acceptors (Lipinski definition) is 6. The van der Waals surface area contributed by atoms with E-state index < -0.39 is 5.91 Å². The molecule has 0 bridgehead atoms. The molecule has 0 fully saturated rings. The van der Waals surface area contributed by atoms with Crippen LogP contribution in [0, 0.1) is 5.82 Å². The molecule has 160 valence electrons. The number of fused-ring (bicyclic) bond motifs is 1. The Morgan fingerprint density at radius 2 is 2.19 bits per heavy atom. The third kappa shape index (κ3) is 4.49. The lowest BCUT2D eigenvalue weighted by atomic mass is 9.99. The molecule has 31 heavy (non-hydrogen) atoms. The smallest absolute Gasteiger partial charge is 0.287 e. The van der Waals surface area contributed by atoms with Gasteiger partial charge in [-0.1, -0.05) is 12.1 Å². The summed E-state index contributed by atoms with van der Waals surface area (Å²) in [6, 6.07) is 9.33. The van der Waals surface area contributed by atoms with Crippen LogP contribution in [0.3, 0.4) is 0 Å². The number of likely N-dealkylation sites (N-methyl/N-ethyl adjacent to an activating group) is 1. The normalized spacial score (nSPS) is 14.3. The van der Waals surface area contributed by atoms with E-state index in [9.17, 15) is 14.0 Å². The van der Waals surface area contributed by atoms with Crippen LogP contribution in [0.15, 0.2) is 53.3 Å². The molecule has 2 aromatic heterocycles. The van der Waals surface area contributed by atoms with Gasteiger partial charge in [-0.3, -0.25) is 14.6 Å². The molecule has 0 spiro atoms. The standard InChI is InChI=1S/C23H23FN4O3/c1-28-12-18(29)10-20-22(28)19(5-6-26-20)15-9-21(31-13-15)23(30)27-17(11-25)8-14-3-2-4-16(24)7-14/h2-7,9,13,17H,8,10-12,25H2,1H3,(H,27,30)/t17-/m0/s1. The molecule has 0 saturated heterocycles. The second kappa shape index (κ2) is 8.69. The maximum atomic E-state index is 13.4. The fourth-order valence-corrected chi connectivity index (χ4v) is 3.87. The van der Waals surface area contributed by atoms with E-state index in [2.05, 4.69) is 10.3 Å². The second-order valence-electron chi connectivity index (χ2n) is 7.67. The number of carbonyl (C=O) groups excluding carboxylic acids is 2. The highest BCUT2D eigenvalue weighted by Gasteiger charge is 2.25. The number of amides is 1. The van der Waals surface area contributed by atoms with Crippen LogP contribution in [0.1, 0.15) is 21.8 Å². The minimum absolute atomic E-state index is 0.109. The first-order valence-electron chi connectivity index (χ1n) is 9.99. The highest BCUT2D eigenvalue weighted by Crippen LogP contribution is 2.35. The summed E-state index contributed by atoms with van der Waals surface area (Å²) < 4.78 is 18.9. The number of furan rings is 1. The zero-order valence-corrected chi connectivity index (χ0v) is 17.1. The number of pyridine rings is 1. The Bertz CT molecular complexity index is 1130. The molecule has 3 heterocycles. The van der Waals surface area contributed by atoms with Gasteiger partial charge >= 0.3 is 0 Å². The van der Waals surface area contributed by atoms with Crippen molar-refractivity contribution in [2.24, 2.45) is 5.73 Å².